The van der Waals surface area contributed by atoms with Crippen LogP contribution in [-0.2, 0) is 0 Å². The van der Waals surface area contributed by atoms with Crippen molar-refractivity contribution < 1.29 is 14.7 Å². The summed E-state index contributed by atoms with van der Waals surface area (Å²) in [5.74, 6) is -1.54. The van der Waals surface area contributed by atoms with Crippen molar-refractivity contribution in [2.24, 2.45) is 5.41 Å². The number of nitrogens with zero attached hydrogens (tertiary/aromatic N) is 1. The van der Waals surface area contributed by atoms with Gasteiger partial charge in [0.1, 0.15) is 5.69 Å². The first kappa shape index (κ1) is 12.5. The van der Waals surface area contributed by atoms with Crippen LogP contribution in [0.5, 0.6) is 0 Å². The molecule has 5 heteroatoms. The zero-order valence-electron chi connectivity index (χ0n) is 10.3. The zero-order chi connectivity index (χ0) is 13.2. The fourth-order valence-corrected chi connectivity index (χ4v) is 1.94. The highest BCUT2D eigenvalue weighted by Gasteiger charge is 2.40. The van der Waals surface area contributed by atoms with Crippen molar-refractivity contribution >= 4 is 11.9 Å². The molecule has 1 saturated carbocycles. The number of carboxylic acids is 1. The lowest BCUT2D eigenvalue weighted by atomic mass is 10.0. The number of amides is 1. The molecular formula is C13H16N2O3. The van der Waals surface area contributed by atoms with Crippen molar-refractivity contribution in [1.82, 2.24) is 10.3 Å². The van der Waals surface area contributed by atoms with E-state index in [0.29, 0.717) is 6.54 Å². The molecule has 18 heavy (non-hydrogen) atoms. The first-order valence-corrected chi connectivity index (χ1v) is 6.04. The number of pyridine rings is 1. The van der Waals surface area contributed by atoms with E-state index in [1.165, 1.54) is 18.3 Å². The predicted molar refractivity (Wildman–Crippen MR) is 65.5 cm³/mol. The Morgan fingerprint density at radius 2 is 2.22 bits per heavy atom. The van der Waals surface area contributed by atoms with Crippen molar-refractivity contribution in [1.29, 1.82) is 0 Å². The van der Waals surface area contributed by atoms with Gasteiger partial charge in [0.2, 0.25) is 0 Å². The predicted octanol–water partition coefficient (Wildman–Crippen LogP) is 1.70. The monoisotopic (exact) mass is 248 g/mol. The smallest absolute Gasteiger partial charge is 0.338 e. The molecule has 0 radical (unpaired) electrons. The lowest BCUT2D eigenvalue weighted by molar-refractivity contribution is 0.0689. The van der Waals surface area contributed by atoms with Crippen LogP contribution >= 0.6 is 0 Å². The van der Waals surface area contributed by atoms with Gasteiger partial charge in [0.05, 0.1) is 5.56 Å². The quantitative estimate of drug-likeness (QED) is 0.831. The number of hydrogen-bond acceptors (Lipinski definition) is 3. The van der Waals surface area contributed by atoms with Crippen molar-refractivity contribution in [3.63, 3.8) is 0 Å². The van der Waals surface area contributed by atoms with Crippen LogP contribution in [0.1, 0.15) is 47.0 Å². The Hall–Kier alpha value is -1.91. The van der Waals surface area contributed by atoms with Crippen molar-refractivity contribution in [2.45, 2.75) is 26.2 Å². The summed E-state index contributed by atoms with van der Waals surface area (Å²) in [6.45, 7) is 2.70. The van der Waals surface area contributed by atoms with Crippen LogP contribution in [-0.4, -0.2) is 28.5 Å². The highest BCUT2D eigenvalue weighted by atomic mass is 16.4. The summed E-state index contributed by atoms with van der Waals surface area (Å²) in [7, 11) is 0. The van der Waals surface area contributed by atoms with Crippen LogP contribution in [0.3, 0.4) is 0 Å². The van der Waals surface area contributed by atoms with Gasteiger partial charge in [-0.2, -0.15) is 0 Å². The molecule has 0 saturated heterocycles. The van der Waals surface area contributed by atoms with Gasteiger partial charge in [-0.3, -0.25) is 9.78 Å². The third-order valence-corrected chi connectivity index (χ3v) is 3.58. The summed E-state index contributed by atoms with van der Waals surface area (Å²) in [6.07, 6.45) is 4.70. The Labute approximate surface area is 105 Å². The first-order valence-electron chi connectivity index (χ1n) is 6.04. The average Bonchev–Trinajstić information content (AvgIpc) is 3.16. The van der Waals surface area contributed by atoms with E-state index < -0.39 is 11.9 Å². The number of carboxylic acid groups (broad SMARTS) is 1. The van der Waals surface area contributed by atoms with Gasteiger partial charge in [-0.05, 0) is 36.8 Å². The maximum atomic E-state index is 11.9. The Kier molecular flexibility index (Phi) is 3.32. The molecule has 96 valence electrons. The average molecular weight is 248 g/mol. The van der Waals surface area contributed by atoms with E-state index in [9.17, 15) is 9.59 Å². The SMILES string of the molecule is CCC1(CNC(=O)c2ncccc2C(=O)O)CC1. The minimum Gasteiger partial charge on any atom is -0.478 e. The number of carbonyl (C=O) groups excluding carboxylic acids is 1. The van der Waals surface area contributed by atoms with Crippen molar-refractivity contribution in [2.75, 3.05) is 6.54 Å². The summed E-state index contributed by atoms with van der Waals surface area (Å²) < 4.78 is 0. The van der Waals surface area contributed by atoms with Gasteiger partial charge in [-0.1, -0.05) is 6.92 Å². The third kappa shape index (κ3) is 2.50. The molecule has 1 heterocycles. The van der Waals surface area contributed by atoms with Gasteiger partial charge in [0.15, 0.2) is 0 Å². The minimum absolute atomic E-state index is 0.0168. The molecule has 0 aromatic carbocycles. The number of rotatable bonds is 5. The molecule has 0 spiro atoms. The normalized spacial score (nSPS) is 16.1. The van der Waals surface area contributed by atoms with Gasteiger partial charge in [0.25, 0.3) is 5.91 Å². The molecular weight excluding hydrogens is 232 g/mol. The first-order chi connectivity index (χ1) is 8.58. The Morgan fingerprint density at radius 1 is 1.50 bits per heavy atom. The van der Waals surface area contributed by atoms with E-state index in [1.807, 2.05) is 0 Å². The maximum Gasteiger partial charge on any atom is 0.338 e. The fourth-order valence-electron chi connectivity index (χ4n) is 1.94. The van der Waals surface area contributed by atoms with E-state index in [2.05, 4.69) is 17.2 Å². The van der Waals surface area contributed by atoms with Crippen LogP contribution in [0, 0.1) is 5.41 Å². The topological polar surface area (TPSA) is 79.3 Å². The van der Waals surface area contributed by atoms with E-state index >= 15 is 0 Å². The molecule has 2 rings (SSSR count). The number of nitrogens with one attached hydrogen (secondary N) is 1. The van der Waals surface area contributed by atoms with Gasteiger partial charge in [-0.15, -0.1) is 0 Å². The largest absolute Gasteiger partial charge is 0.478 e. The van der Waals surface area contributed by atoms with E-state index in [0.717, 1.165) is 19.3 Å². The molecule has 1 amide bonds. The highest BCUT2D eigenvalue weighted by molar-refractivity contribution is 6.03. The van der Waals surface area contributed by atoms with E-state index in [1.54, 1.807) is 0 Å². The van der Waals surface area contributed by atoms with Crippen molar-refractivity contribution in [3.05, 3.63) is 29.6 Å². The molecule has 1 fully saturated rings. The van der Waals surface area contributed by atoms with Gasteiger partial charge < -0.3 is 10.4 Å². The third-order valence-electron chi connectivity index (χ3n) is 3.58. The molecule has 0 bridgehead atoms. The minimum atomic E-state index is -1.13. The Bertz CT molecular complexity index is 481. The molecule has 0 unspecified atom stereocenters. The molecule has 1 aliphatic rings. The van der Waals surface area contributed by atoms with Crippen LogP contribution in [0.15, 0.2) is 18.3 Å². The maximum absolute atomic E-state index is 11.9. The molecule has 1 aromatic rings. The molecule has 5 nitrogen and oxygen atoms in total. The second kappa shape index (κ2) is 4.76. The molecule has 0 atom stereocenters. The highest BCUT2D eigenvalue weighted by Crippen LogP contribution is 2.47. The van der Waals surface area contributed by atoms with Crippen LogP contribution < -0.4 is 5.32 Å². The van der Waals surface area contributed by atoms with Gasteiger partial charge >= 0.3 is 5.97 Å². The second-order valence-corrected chi connectivity index (χ2v) is 4.74. The molecule has 1 aliphatic carbocycles. The number of aromatic nitrogens is 1. The fraction of sp³-hybridized carbons (Fsp3) is 0.462. The standard InChI is InChI=1S/C13H16N2O3/c1-2-13(5-6-13)8-15-11(16)10-9(12(17)18)4-3-7-14-10/h3-4,7H,2,5-6,8H2,1H3,(H,15,16)(H,17,18). The molecule has 0 aliphatic heterocycles. The van der Waals surface area contributed by atoms with Crippen molar-refractivity contribution in [3.8, 4) is 0 Å². The molecule has 1 aromatic heterocycles. The number of hydrogen-bond donors (Lipinski definition) is 2. The summed E-state index contributed by atoms with van der Waals surface area (Å²) in [6, 6.07) is 2.89. The lowest BCUT2D eigenvalue weighted by Crippen LogP contribution is -2.31. The van der Waals surface area contributed by atoms with Crippen LogP contribution in [0.4, 0.5) is 0 Å². The second-order valence-electron chi connectivity index (χ2n) is 4.74. The Morgan fingerprint density at radius 3 is 2.78 bits per heavy atom. The summed E-state index contributed by atoms with van der Waals surface area (Å²) in [4.78, 5) is 26.8. The van der Waals surface area contributed by atoms with Gasteiger partial charge in [0, 0.05) is 12.7 Å². The van der Waals surface area contributed by atoms with E-state index in [4.69, 9.17) is 5.11 Å². The Balaban J connectivity index is 2.07. The van der Waals surface area contributed by atoms with Gasteiger partial charge in [-0.25, -0.2) is 4.79 Å². The van der Waals surface area contributed by atoms with Crippen LogP contribution in [0.25, 0.3) is 0 Å². The summed E-state index contributed by atoms with van der Waals surface area (Å²) >= 11 is 0. The summed E-state index contributed by atoms with van der Waals surface area (Å²) in [5, 5.41) is 11.8. The number of carbonyl (C=O) groups is 2. The van der Waals surface area contributed by atoms with E-state index in [-0.39, 0.29) is 16.7 Å². The van der Waals surface area contributed by atoms with Crippen LogP contribution in [0.2, 0.25) is 0 Å². The number of aromatic carboxylic acids is 1. The molecule has 2 N–H and O–H groups in total. The lowest BCUT2D eigenvalue weighted by Gasteiger charge is -2.13. The summed E-state index contributed by atoms with van der Waals surface area (Å²) in [5.41, 5.74) is 0.154. The zero-order valence-corrected chi connectivity index (χ0v) is 10.3.